The van der Waals surface area contributed by atoms with Crippen LogP contribution >= 0.6 is 11.6 Å². The second kappa shape index (κ2) is 6.96. The number of methoxy groups -OCH3 is 1. The monoisotopic (exact) mass is 398 g/mol. The van der Waals surface area contributed by atoms with Gasteiger partial charge in [0.1, 0.15) is 16.8 Å². The number of aryl methyl sites for hydroxylation is 1. The number of benzene rings is 1. The molecule has 2 aliphatic rings. The third kappa shape index (κ3) is 2.75. The maximum Gasteiger partial charge on any atom is 0.337 e. The predicted octanol–water partition coefficient (Wildman–Crippen LogP) is 4.07. The van der Waals surface area contributed by atoms with Gasteiger partial charge in [-0.25, -0.2) is 14.8 Å². The zero-order valence-electron chi connectivity index (χ0n) is 16.3. The predicted molar refractivity (Wildman–Crippen MR) is 106 cm³/mol. The Labute approximate surface area is 169 Å². The lowest BCUT2D eigenvalue weighted by molar-refractivity contribution is -0.128. The van der Waals surface area contributed by atoms with Crippen molar-refractivity contribution in [2.24, 2.45) is 11.8 Å². The molecule has 1 saturated carbocycles. The average molecular weight is 399 g/mol. The Hall–Kier alpha value is -2.27. The molecule has 0 radical (unpaired) electrons. The van der Waals surface area contributed by atoms with Crippen molar-refractivity contribution in [3.05, 3.63) is 57.6 Å². The lowest BCUT2D eigenvalue weighted by Gasteiger charge is -2.50. The van der Waals surface area contributed by atoms with Gasteiger partial charge >= 0.3 is 5.97 Å². The van der Waals surface area contributed by atoms with Crippen molar-refractivity contribution in [3.8, 4) is 0 Å². The minimum atomic E-state index is -0.396. The molecular formula is C22H23ClN2O3. The quantitative estimate of drug-likeness (QED) is 0.563. The highest BCUT2D eigenvalue weighted by molar-refractivity contribution is 6.30. The van der Waals surface area contributed by atoms with Gasteiger partial charge in [-0.3, -0.25) is 4.79 Å². The Kier molecular flexibility index (Phi) is 4.74. The summed E-state index contributed by atoms with van der Waals surface area (Å²) in [6, 6.07) is 7.53. The van der Waals surface area contributed by atoms with Crippen molar-refractivity contribution in [2.75, 3.05) is 7.11 Å². The van der Waals surface area contributed by atoms with Crippen LogP contribution in [0.1, 0.15) is 59.2 Å². The number of ether oxygens (including phenoxy) is 1. The van der Waals surface area contributed by atoms with Gasteiger partial charge < -0.3 is 4.74 Å². The van der Waals surface area contributed by atoms with E-state index in [4.69, 9.17) is 21.3 Å². The summed E-state index contributed by atoms with van der Waals surface area (Å²) in [6.45, 7) is 3.88. The lowest BCUT2D eigenvalue weighted by Crippen LogP contribution is -2.50. The molecule has 146 valence electrons. The van der Waals surface area contributed by atoms with E-state index < -0.39 is 5.41 Å². The number of hydrogen-bond donors (Lipinski definition) is 0. The maximum absolute atomic E-state index is 12.5. The summed E-state index contributed by atoms with van der Waals surface area (Å²) >= 11 is 6.50. The topological polar surface area (TPSA) is 69.2 Å². The SMILES string of the molecule is COC(=O)c1ccc(C23CCC(=O)[C@@H](C)[C@@H]2CCc2c(Cl)nc(C)nc23)cc1. The van der Waals surface area contributed by atoms with Crippen molar-refractivity contribution in [2.45, 2.75) is 44.9 Å². The molecule has 1 unspecified atom stereocenters. The molecule has 0 amide bonds. The van der Waals surface area contributed by atoms with Crippen LogP contribution in [-0.2, 0) is 21.4 Å². The van der Waals surface area contributed by atoms with Crippen LogP contribution in [0.5, 0.6) is 0 Å². The summed E-state index contributed by atoms with van der Waals surface area (Å²) in [6.07, 6.45) is 2.85. The number of fused-ring (bicyclic) bond motifs is 3. The van der Waals surface area contributed by atoms with Crippen LogP contribution in [0, 0.1) is 18.8 Å². The molecule has 5 nitrogen and oxygen atoms in total. The van der Waals surface area contributed by atoms with E-state index in [1.54, 1.807) is 12.1 Å². The number of esters is 1. The molecule has 2 aromatic rings. The minimum Gasteiger partial charge on any atom is -0.465 e. The van der Waals surface area contributed by atoms with E-state index in [9.17, 15) is 9.59 Å². The highest BCUT2D eigenvalue weighted by atomic mass is 35.5. The van der Waals surface area contributed by atoms with Crippen LogP contribution in [0.3, 0.4) is 0 Å². The summed E-state index contributed by atoms with van der Waals surface area (Å²) in [5.74, 6) is 0.691. The summed E-state index contributed by atoms with van der Waals surface area (Å²) < 4.78 is 4.82. The van der Waals surface area contributed by atoms with Gasteiger partial charge in [-0.05, 0) is 49.8 Å². The number of halogens is 1. The van der Waals surface area contributed by atoms with Crippen molar-refractivity contribution in [1.29, 1.82) is 0 Å². The van der Waals surface area contributed by atoms with E-state index in [0.29, 0.717) is 35.2 Å². The van der Waals surface area contributed by atoms with Crippen molar-refractivity contribution >= 4 is 23.4 Å². The van der Waals surface area contributed by atoms with Gasteiger partial charge in [-0.1, -0.05) is 30.7 Å². The molecule has 1 aromatic heterocycles. The standard InChI is InChI=1S/C22H23ClN2O3/c1-12-17-9-8-16-19(24-13(2)25-20(16)23)22(17,11-10-18(12)26)15-6-4-14(5-7-15)21(27)28-3/h4-7,12,17H,8-11H2,1-3H3/t12-,17-,22?/m0/s1. The van der Waals surface area contributed by atoms with Gasteiger partial charge in [0, 0.05) is 23.3 Å². The second-order valence-electron chi connectivity index (χ2n) is 7.83. The van der Waals surface area contributed by atoms with Crippen LogP contribution in [0.25, 0.3) is 0 Å². The lowest BCUT2D eigenvalue weighted by atomic mass is 9.53. The Morgan fingerprint density at radius 3 is 2.61 bits per heavy atom. The molecule has 0 N–H and O–H groups in total. The molecule has 28 heavy (non-hydrogen) atoms. The highest BCUT2D eigenvalue weighted by Crippen LogP contribution is 2.55. The first kappa shape index (κ1) is 19.1. The van der Waals surface area contributed by atoms with E-state index in [2.05, 4.69) is 4.98 Å². The average Bonchev–Trinajstić information content (AvgIpc) is 2.70. The summed E-state index contributed by atoms with van der Waals surface area (Å²) in [5.41, 5.74) is 3.12. The molecule has 1 fully saturated rings. The van der Waals surface area contributed by atoms with E-state index >= 15 is 0 Å². The smallest absolute Gasteiger partial charge is 0.337 e. The summed E-state index contributed by atoms with van der Waals surface area (Å²) in [5, 5.41) is 0.510. The number of carbonyl (C=O) groups is 2. The van der Waals surface area contributed by atoms with E-state index in [0.717, 1.165) is 29.7 Å². The number of nitrogens with zero attached hydrogens (tertiary/aromatic N) is 2. The molecule has 3 atom stereocenters. The molecule has 1 heterocycles. The Morgan fingerprint density at radius 1 is 1.21 bits per heavy atom. The zero-order chi connectivity index (χ0) is 20.1. The van der Waals surface area contributed by atoms with Crippen LogP contribution in [0.15, 0.2) is 24.3 Å². The van der Waals surface area contributed by atoms with Gasteiger partial charge in [-0.2, -0.15) is 0 Å². The Balaban J connectivity index is 1.94. The second-order valence-corrected chi connectivity index (χ2v) is 8.19. The van der Waals surface area contributed by atoms with Gasteiger partial charge in [-0.15, -0.1) is 0 Å². The molecule has 6 heteroatoms. The molecule has 0 spiro atoms. The van der Waals surface area contributed by atoms with Crippen LogP contribution in [-0.4, -0.2) is 28.8 Å². The molecule has 1 aromatic carbocycles. The third-order valence-corrected chi connectivity index (χ3v) is 6.84. The Morgan fingerprint density at radius 2 is 1.93 bits per heavy atom. The molecule has 0 bridgehead atoms. The molecule has 4 rings (SSSR count). The number of rotatable bonds is 2. The number of hydrogen-bond acceptors (Lipinski definition) is 5. The van der Waals surface area contributed by atoms with Crippen molar-refractivity contribution in [1.82, 2.24) is 9.97 Å². The zero-order valence-corrected chi connectivity index (χ0v) is 17.0. The number of ketones is 1. The minimum absolute atomic E-state index is 0.0452. The summed E-state index contributed by atoms with van der Waals surface area (Å²) in [7, 11) is 1.37. The van der Waals surface area contributed by atoms with Gasteiger partial charge in [0.05, 0.1) is 18.4 Å². The van der Waals surface area contributed by atoms with Gasteiger partial charge in [0.2, 0.25) is 0 Å². The first-order valence-electron chi connectivity index (χ1n) is 9.63. The van der Waals surface area contributed by atoms with Gasteiger partial charge in [0.25, 0.3) is 0 Å². The number of carbonyl (C=O) groups excluding carboxylic acids is 2. The fraction of sp³-hybridized carbons (Fsp3) is 0.455. The van der Waals surface area contributed by atoms with Crippen molar-refractivity contribution in [3.63, 3.8) is 0 Å². The Bertz CT molecular complexity index is 957. The van der Waals surface area contributed by atoms with Crippen molar-refractivity contribution < 1.29 is 14.3 Å². The number of aromatic nitrogens is 2. The number of Topliss-reactive ketones (excluding diaryl/α,β-unsaturated/α-hetero) is 1. The molecule has 2 aliphatic carbocycles. The fourth-order valence-electron chi connectivity index (χ4n) is 5.14. The third-order valence-electron chi connectivity index (χ3n) is 6.53. The summed E-state index contributed by atoms with van der Waals surface area (Å²) in [4.78, 5) is 33.6. The molecular weight excluding hydrogens is 376 g/mol. The maximum atomic E-state index is 12.5. The van der Waals surface area contributed by atoms with E-state index in [1.165, 1.54) is 7.11 Å². The first-order valence-corrected chi connectivity index (χ1v) is 10.0. The molecule has 0 aliphatic heterocycles. The van der Waals surface area contributed by atoms with Crippen LogP contribution in [0.4, 0.5) is 0 Å². The fourth-order valence-corrected chi connectivity index (χ4v) is 5.45. The van der Waals surface area contributed by atoms with Crippen LogP contribution < -0.4 is 0 Å². The van der Waals surface area contributed by atoms with Crippen LogP contribution in [0.2, 0.25) is 5.15 Å². The first-order chi connectivity index (χ1) is 13.4. The van der Waals surface area contributed by atoms with E-state index in [1.807, 2.05) is 26.0 Å². The highest BCUT2D eigenvalue weighted by Gasteiger charge is 2.53. The normalized spacial score (nSPS) is 26.4. The molecule has 0 saturated heterocycles. The van der Waals surface area contributed by atoms with E-state index in [-0.39, 0.29) is 17.8 Å². The largest absolute Gasteiger partial charge is 0.465 e. The van der Waals surface area contributed by atoms with Gasteiger partial charge in [0.15, 0.2) is 0 Å².